The smallest absolute Gasteiger partial charge is 0.319 e. The first-order valence-electron chi connectivity index (χ1n) is 15.0. The van der Waals surface area contributed by atoms with E-state index in [1.165, 1.54) is 0 Å². The molecule has 9 atom stereocenters. The van der Waals surface area contributed by atoms with Crippen LogP contribution in [0.1, 0.15) is 56.6 Å². The van der Waals surface area contributed by atoms with Gasteiger partial charge in [0.15, 0.2) is 9.84 Å². The van der Waals surface area contributed by atoms with Crippen LogP contribution in [0.3, 0.4) is 0 Å². The fraction of sp³-hybridized carbons (Fsp3) is 0.581. The highest BCUT2D eigenvalue weighted by Crippen LogP contribution is 2.49. The van der Waals surface area contributed by atoms with E-state index < -0.39 is 69.9 Å². The Bertz CT molecular complexity index is 1420. The lowest BCUT2D eigenvalue weighted by Gasteiger charge is -2.42. The number of urea groups is 1. The minimum Gasteiger partial charge on any atom is -0.392 e. The fourth-order valence-corrected chi connectivity index (χ4v) is 8.79. The van der Waals surface area contributed by atoms with E-state index in [4.69, 9.17) is 0 Å². The van der Waals surface area contributed by atoms with E-state index in [9.17, 15) is 43.9 Å². The molecule has 1 fully saturated rings. The van der Waals surface area contributed by atoms with Gasteiger partial charge in [-0.15, -0.1) is 0 Å². The normalized spacial score (nSPS) is 33.1. The summed E-state index contributed by atoms with van der Waals surface area (Å²) in [6.07, 6.45) is -7.43. The zero-order valence-electron chi connectivity index (χ0n) is 25.5. The highest BCUT2D eigenvalue weighted by Gasteiger charge is 2.50. The molecule has 0 radical (unpaired) electrons. The lowest BCUT2D eigenvalue weighted by molar-refractivity contribution is -0.188. The Morgan fingerprint density at radius 3 is 2.16 bits per heavy atom. The molecule has 1 aliphatic heterocycles. The zero-order chi connectivity index (χ0) is 32.6. The van der Waals surface area contributed by atoms with E-state index >= 15 is 0 Å². The molecule has 0 aromatic heterocycles. The third-order valence-corrected chi connectivity index (χ3v) is 11.3. The molecule has 44 heavy (non-hydrogen) atoms. The number of aliphatic hydroxyl groups excluding tert-OH is 6. The molecular formula is C31H45N3O9S. The molecule has 0 unspecified atom stereocenters. The van der Waals surface area contributed by atoms with Crippen molar-refractivity contribution in [3.8, 4) is 0 Å². The highest BCUT2D eigenvalue weighted by atomic mass is 32.2. The van der Waals surface area contributed by atoms with E-state index in [2.05, 4.69) is 10.6 Å². The van der Waals surface area contributed by atoms with E-state index in [1.54, 1.807) is 42.5 Å². The number of carbonyl (C=O) groups is 1. The lowest BCUT2D eigenvalue weighted by atomic mass is 9.69. The Kier molecular flexibility index (Phi) is 10.3. The van der Waals surface area contributed by atoms with E-state index in [-0.39, 0.29) is 16.3 Å². The number of anilines is 2. The van der Waals surface area contributed by atoms with Crippen LogP contribution >= 0.6 is 0 Å². The first-order chi connectivity index (χ1) is 20.7. The topological polar surface area (TPSA) is 200 Å². The second-order valence-corrected chi connectivity index (χ2v) is 14.3. The predicted octanol–water partition coefficient (Wildman–Crippen LogP) is 0.927. The van der Waals surface area contributed by atoms with Crippen LogP contribution in [0.25, 0.3) is 0 Å². The van der Waals surface area contributed by atoms with Crippen molar-refractivity contribution < 1.29 is 43.9 Å². The molecule has 0 spiro atoms. The van der Waals surface area contributed by atoms with Crippen LogP contribution in [0.2, 0.25) is 0 Å². The van der Waals surface area contributed by atoms with Gasteiger partial charge in [-0.1, -0.05) is 38.8 Å². The minimum atomic E-state index is -3.78. The zero-order valence-corrected chi connectivity index (χ0v) is 26.3. The number of unbranched alkanes of at least 4 members (excludes halogenated alkanes) is 1. The Morgan fingerprint density at radius 1 is 0.932 bits per heavy atom. The minimum absolute atomic E-state index is 0.162. The molecule has 0 saturated heterocycles. The third kappa shape index (κ3) is 6.45. The Balaban J connectivity index is 1.74. The Morgan fingerprint density at radius 2 is 1.57 bits per heavy atom. The van der Waals surface area contributed by atoms with Crippen molar-refractivity contribution in [2.24, 2.45) is 5.41 Å². The van der Waals surface area contributed by atoms with Crippen molar-refractivity contribution in [2.75, 3.05) is 30.1 Å². The number of nitrogens with one attached hydrogen (secondary N) is 2. The molecule has 1 aliphatic carbocycles. The summed E-state index contributed by atoms with van der Waals surface area (Å²) in [6.45, 7) is 3.92. The number of aliphatic hydroxyl groups is 6. The van der Waals surface area contributed by atoms with E-state index in [1.807, 2.05) is 32.8 Å². The molecule has 244 valence electrons. The number of benzene rings is 2. The van der Waals surface area contributed by atoms with Gasteiger partial charge in [-0.2, -0.15) is 0 Å². The van der Waals surface area contributed by atoms with Crippen LogP contribution < -0.4 is 15.5 Å². The summed E-state index contributed by atoms with van der Waals surface area (Å²) in [5.41, 5.74) is 1.16. The van der Waals surface area contributed by atoms with Gasteiger partial charge >= 0.3 is 6.03 Å². The number of fused-ring (bicyclic) bond motifs is 1. The number of nitrogens with zero attached hydrogens (tertiary/aromatic N) is 1. The first kappa shape index (κ1) is 34.1. The average Bonchev–Trinajstić information content (AvgIpc) is 3.06. The lowest BCUT2D eigenvalue weighted by Crippen LogP contribution is -2.68. The summed E-state index contributed by atoms with van der Waals surface area (Å²) in [7, 11) is -0.0878. The van der Waals surface area contributed by atoms with Gasteiger partial charge in [0.2, 0.25) is 0 Å². The van der Waals surface area contributed by atoms with Crippen molar-refractivity contribution in [2.45, 2.75) is 93.0 Å². The van der Waals surface area contributed by atoms with Crippen molar-refractivity contribution >= 4 is 27.2 Å². The van der Waals surface area contributed by atoms with E-state index in [0.29, 0.717) is 24.0 Å². The second kappa shape index (κ2) is 13.3. The molecule has 12 nitrogen and oxygen atoms in total. The summed E-state index contributed by atoms with van der Waals surface area (Å²) in [5.74, 6) is -0.945. The van der Waals surface area contributed by atoms with Crippen LogP contribution in [0.4, 0.5) is 16.2 Å². The predicted molar refractivity (Wildman–Crippen MR) is 165 cm³/mol. The van der Waals surface area contributed by atoms with Crippen molar-refractivity contribution in [1.82, 2.24) is 5.32 Å². The molecule has 4 rings (SSSR count). The summed E-state index contributed by atoms with van der Waals surface area (Å²) in [5, 5.41) is 67.6. The van der Waals surface area contributed by atoms with Gasteiger partial charge in [-0.3, -0.25) is 0 Å². The number of sulfone groups is 1. The number of hydrogen-bond donors (Lipinski definition) is 8. The van der Waals surface area contributed by atoms with Gasteiger partial charge in [-0.05, 0) is 54.3 Å². The van der Waals surface area contributed by atoms with Gasteiger partial charge in [0.1, 0.15) is 30.5 Å². The largest absolute Gasteiger partial charge is 0.392 e. The van der Waals surface area contributed by atoms with Crippen LogP contribution in [-0.4, -0.2) is 108 Å². The van der Waals surface area contributed by atoms with Crippen molar-refractivity contribution in [3.05, 3.63) is 53.6 Å². The standard InChI is InChI=1S/C31H45N3O9S/c1-5-7-13-31(6-2)16-44(42,43)21-12-11-19(34(3)4)15-20(21)22(29(31)40)17-9-8-10-18(14-17)32-30(41)33-23-24(35)26(37)28(39)27(38)25(23)36/h8-12,14-15,22-29,35-40H,5-7,13,16H2,1-4H3,(H2,32,33,41)/t22-,23-,24-,25+,26+,27-,28-,29-,31-/m1/s1. The number of hydrogen-bond acceptors (Lipinski definition) is 10. The number of carbonyl (C=O) groups excluding carboxylic acids is 1. The van der Waals surface area contributed by atoms with Crippen molar-refractivity contribution in [3.63, 3.8) is 0 Å². The second-order valence-electron chi connectivity index (χ2n) is 12.3. The summed E-state index contributed by atoms with van der Waals surface area (Å²) in [6, 6.07) is 9.44. The molecular weight excluding hydrogens is 590 g/mol. The maximum atomic E-state index is 13.9. The maximum Gasteiger partial charge on any atom is 0.319 e. The van der Waals surface area contributed by atoms with Gasteiger partial charge < -0.3 is 46.2 Å². The van der Waals surface area contributed by atoms with E-state index in [0.717, 1.165) is 18.5 Å². The van der Waals surface area contributed by atoms with Gasteiger partial charge in [0.25, 0.3) is 0 Å². The molecule has 1 heterocycles. The Labute approximate surface area is 258 Å². The molecule has 2 aromatic carbocycles. The summed E-state index contributed by atoms with van der Waals surface area (Å²) in [4.78, 5) is 15.0. The first-order valence-corrected chi connectivity index (χ1v) is 16.6. The maximum absolute atomic E-state index is 13.9. The highest BCUT2D eigenvalue weighted by molar-refractivity contribution is 7.91. The molecule has 2 amide bonds. The van der Waals surface area contributed by atoms with Gasteiger partial charge in [0.05, 0.1) is 22.8 Å². The molecule has 1 saturated carbocycles. The number of amides is 2. The van der Waals surface area contributed by atoms with Crippen LogP contribution in [0.5, 0.6) is 0 Å². The summed E-state index contributed by atoms with van der Waals surface area (Å²) >= 11 is 0. The van der Waals surface area contributed by atoms with Gasteiger partial charge in [-0.25, -0.2) is 13.2 Å². The molecule has 0 bridgehead atoms. The molecule has 8 N–H and O–H groups in total. The fourth-order valence-electron chi connectivity index (χ4n) is 6.54. The van der Waals surface area contributed by atoms with Crippen LogP contribution in [-0.2, 0) is 9.84 Å². The Hall–Kier alpha value is -2.78. The van der Waals surface area contributed by atoms with Crippen molar-refractivity contribution in [1.29, 1.82) is 0 Å². The monoisotopic (exact) mass is 635 g/mol. The summed E-state index contributed by atoms with van der Waals surface area (Å²) < 4.78 is 27.7. The molecule has 2 aliphatic rings. The van der Waals surface area contributed by atoms with Crippen LogP contribution in [0, 0.1) is 5.41 Å². The van der Waals surface area contributed by atoms with Gasteiger partial charge in [0, 0.05) is 36.8 Å². The SMILES string of the molecule is CCCC[C@]1(CC)CS(=O)(=O)c2ccc(N(C)C)cc2[C@@H](c2cccc(NC(=O)N[C@H]3[C@H](O)[C@@H](O)[C@H](O)[C@@H](O)[C@@H]3O)c2)[C@H]1O. The number of rotatable bonds is 8. The van der Waals surface area contributed by atoms with Crippen LogP contribution in [0.15, 0.2) is 47.4 Å². The molecule has 2 aromatic rings. The molecule has 13 heteroatoms. The third-order valence-electron chi connectivity index (χ3n) is 9.27. The average molecular weight is 636 g/mol. The quantitative estimate of drug-likeness (QED) is 0.206.